The molecule has 0 aliphatic heterocycles. The number of carbonyl (C=O) groups excluding carboxylic acids is 1. The molecular formula is C27H26Br2FNO3. The summed E-state index contributed by atoms with van der Waals surface area (Å²) in [6, 6.07) is 16.0. The summed E-state index contributed by atoms with van der Waals surface area (Å²) < 4.78 is 26.6. The summed E-state index contributed by atoms with van der Waals surface area (Å²) in [4.78, 5) is 12.5. The van der Waals surface area contributed by atoms with Gasteiger partial charge in [0.15, 0.2) is 11.5 Å². The van der Waals surface area contributed by atoms with E-state index in [4.69, 9.17) is 9.47 Å². The molecule has 0 heterocycles. The van der Waals surface area contributed by atoms with Crippen LogP contribution in [0.2, 0.25) is 0 Å². The molecule has 0 bridgehead atoms. The highest BCUT2D eigenvalue weighted by atomic mass is 79.9. The van der Waals surface area contributed by atoms with Gasteiger partial charge < -0.3 is 14.8 Å². The first kappa shape index (κ1) is 26.0. The Balaban J connectivity index is 1.68. The number of unbranched alkanes of at least 4 members (excludes halogenated alkanes) is 1. The van der Waals surface area contributed by atoms with E-state index < -0.39 is 0 Å². The van der Waals surface area contributed by atoms with E-state index in [0.717, 1.165) is 29.3 Å². The summed E-state index contributed by atoms with van der Waals surface area (Å²) in [5.74, 6) is 0.345. The van der Waals surface area contributed by atoms with Crippen molar-refractivity contribution in [2.75, 3.05) is 12.4 Å². The van der Waals surface area contributed by atoms with Crippen molar-refractivity contribution in [2.45, 2.75) is 32.8 Å². The molecule has 0 unspecified atom stereocenters. The van der Waals surface area contributed by atoms with Crippen LogP contribution in [0, 0.1) is 5.82 Å². The molecule has 0 saturated carbocycles. The van der Waals surface area contributed by atoms with Crippen LogP contribution in [-0.2, 0) is 17.8 Å². The Labute approximate surface area is 216 Å². The number of nitrogens with one attached hydrogen (secondary N) is 1. The van der Waals surface area contributed by atoms with Crippen molar-refractivity contribution in [3.63, 3.8) is 0 Å². The van der Waals surface area contributed by atoms with Gasteiger partial charge in [-0.2, -0.15) is 0 Å². The highest BCUT2D eigenvalue weighted by molar-refractivity contribution is 9.11. The maximum atomic E-state index is 13.9. The molecule has 0 spiro atoms. The van der Waals surface area contributed by atoms with Crippen LogP contribution < -0.4 is 14.8 Å². The number of methoxy groups -OCH3 is 1. The van der Waals surface area contributed by atoms with Crippen LogP contribution in [0.4, 0.5) is 10.1 Å². The second kappa shape index (κ2) is 12.7. The zero-order chi connectivity index (χ0) is 24.5. The number of anilines is 1. The predicted octanol–water partition coefficient (Wildman–Crippen LogP) is 7.93. The Morgan fingerprint density at radius 1 is 1.09 bits per heavy atom. The monoisotopic (exact) mass is 589 g/mol. The lowest BCUT2D eigenvalue weighted by molar-refractivity contribution is -0.111. The molecule has 1 N–H and O–H groups in total. The summed E-state index contributed by atoms with van der Waals surface area (Å²) in [7, 11) is 1.53. The van der Waals surface area contributed by atoms with Crippen molar-refractivity contribution in [2.24, 2.45) is 0 Å². The normalized spacial score (nSPS) is 11.0. The third kappa shape index (κ3) is 7.18. The first-order chi connectivity index (χ1) is 16.4. The lowest BCUT2D eigenvalue weighted by Gasteiger charge is -2.14. The van der Waals surface area contributed by atoms with Crippen LogP contribution in [0.15, 0.2) is 69.6 Å². The molecule has 3 rings (SSSR count). The minimum atomic E-state index is -0.328. The Kier molecular flexibility index (Phi) is 9.72. The van der Waals surface area contributed by atoms with Gasteiger partial charge in [-0.3, -0.25) is 4.79 Å². The maximum Gasteiger partial charge on any atom is 0.248 e. The van der Waals surface area contributed by atoms with Crippen LogP contribution in [-0.4, -0.2) is 13.0 Å². The molecule has 0 aliphatic rings. The van der Waals surface area contributed by atoms with Gasteiger partial charge in [-0.25, -0.2) is 4.39 Å². The van der Waals surface area contributed by atoms with Crippen molar-refractivity contribution in [1.82, 2.24) is 0 Å². The number of aryl methyl sites for hydroxylation is 1. The summed E-state index contributed by atoms with van der Waals surface area (Å²) in [6.45, 7) is 2.22. The lowest BCUT2D eigenvalue weighted by atomic mass is 10.1. The van der Waals surface area contributed by atoms with E-state index in [2.05, 4.69) is 44.1 Å². The van der Waals surface area contributed by atoms with Crippen LogP contribution in [0.25, 0.3) is 6.08 Å². The van der Waals surface area contributed by atoms with Crippen molar-refractivity contribution in [3.8, 4) is 11.5 Å². The summed E-state index contributed by atoms with van der Waals surface area (Å²) in [5, 5.41) is 2.89. The summed E-state index contributed by atoms with van der Waals surface area (Å²) in [5.41, 5.74) is 3.13. The lowest BCUT2D eigenvalue weighted by Crippen LogP contribution is -2.08. The molecule has 3 aromatic rings. The van der Waals surface area contributed by atoms with Gasteiger partial charge in [0.1, 0.15) is 12.4 Å². The third-order valence-corrected chi connectivity index (χ3v) is 6.36. The molecule has 34 heavy (non-hydrogen) atoms. The molecule has 7 heteroatoms. The number of hydrogen-bond acceptors (Lipinski definition) is 3. The van der Waals surface area contributed by atoms with Crippen LogP contribution in [0.5, 0.6) is 11.5 Å². The minimum Gasteiger partial charge on any atom is -0.493 e. The summed E-state index contributed by atoms with van der Waals surface area (Å²) in [6.07, 6.45) is 6.43. The van der Waals surface area contributed by atoms with Gasteiger partial charge in [-0.1, -0.05) is 37.6 Å². The Hall–Kier alpha value is -2.64. The Morgan fingerprint density at radius 3 is 2.59 bits per heavy atom. The van der Waals surface area contributed by atoms with E-state index in [-0.39, 0.29) is 18.3 Å². The van der Waals surface area contributed by atoms with Gasteiger partial charge in [-0.05, 0) is 92.2 Å². The topological polar surface area (TPSA) is 47.6 Å². The Bertz CT molecular complexity index is 1180. The zero-order valence-electron chi connectivity index (χ0n) is 19.0. The van der Waals surface area contributed by atoms with Crippen molar-refractivity contribution in [1.29, 1.82) is 0 Å². The third-order valence-electron chi connectivity index (χ3n) is 5.12. The number of hydrogen-bond donors (Lipinski definition) is 1. The van der Waals surface area contributed by atoms with E-state index in [1.165, 1.54) is 24.8 Å². The highest BCUT2D eigenvalue weighted by Gasteiger charge is 2.13. The number of amides is 1. The minimum absolute atomic E-state index is 0.0609. The SMILES string of the molecule is CCCCc1ccc(NC(=O)/C=C/c2cc(Br)c(OCc3ccccc3F)c(OC)c2)c(Br)c1. The fourth-order valence-electron chi connectivity index (χ4n) is 3.28. The quantitative estimate of drug-likeness (QED) is 0.244. The van der Waals surface area contributed by atoms with Crippen molar-refractivity contribution < 1.29 is 18.7 Å². The number of carbonyl (C=O) groups is 1. The van der Waals surface area contributed by atoms with E-state index >= 15 is 0 Å². The molecule has 1 amide bonds. The van der Waals surface area contributed by atoms with Gasteiger partial charge >= 0.3 is 0 Å². The standard InChI is InChI=1S/C27H26Br2FNO3/c1-3-4-7-18-10-12-24(21(28)14-18)31-26(32)13-11-19-15-22(29)27(25(16-19)33-2)34-17-20-8-5-6-9-23(20)30/h5-6,8-16H,3-4,7,17H2,1-2H3,(H,31,32)/b13-11+. The molecule has 4 nitrogen and oxygen atoms in total. The molecular weight excluding hydrogens is 565 g/mol. The smallest absolute Gasteiger partial charge is 0.248 e. The average molecular weight is 591 g/mol. The molecule has 0 fully saturated rings. The van der Waals surface area contributed by atoms with Gasteiger partial charge in [0.25, 0.3) is 0 Å². The molecule has 0 atom stereocenters. The molecule has 178 valence electrons. The Morgan fingerprint density at radius 2 is 1.88 bits per heavy atom. The summed E-state index contributed by atoms with van der Waals surface area (Å²) >= 11 is 7.02. The second-order valence-corrected chi connectivity index (χ2v) is 9.36. The van der Waals surface area contributed by atoms with E-state index in [9.17, 15) is 9.18 Å². The van der Waals surface area contributed by atoms with Crippen LogP contribution >= 0.6 is 31.9 Å². The number of benzene rings is 3. The highest BCUT2D eigenvalue weighted by Crippen LogP contribution is 2.37. The number of ether oxygens (including phenoxy) is 2. The van der Waals surface area contributed by atoms with E-state index in [0.29, 0.717) is 27.2 Å². The average Bonchev–Trinajstić information content (AvgIpc) is 2.83. The largest absolute Gasteiger partial charge is 0.493 e. The molecule has 3 aromatic carbocycles. The van der Waals surface area contributed by atoms with Gasteiger partial charge in [-0.15, -0.1) is 0 Å². The van der Waals surface area contributed by atoms with Crippen molar-refractivity contribution in [3.05, 3.63) is 92.1 Å². The predicted molar refractivity (Wildman–Crippen MR) is 142 cm³/mol. The first-order valence-corrected chi connectivity index (χ1v) is 12.5. The van der Waals surface area contributed by atoms with Crippen LogP contribution in [0.1, 0.15) is 36.5 Å². The molecule has 0 aliphatic carbocycles. The van der Waals surface area contributed by atoms with Gasteiger partial charge in [0.05, 0.1) is 17.3 Å². The van der Waals surface area contributed by atoms with Crippen LogP contribution in [0.3, 0.4) is 0 Å². The molecule has 0 radical (unpaired) electrons. The number of rotatable bonds is 10. The fraction of sp³-hybridized carbons (Fsp3) is 0.222. The number of halogens is 3. The molecule has 0 aromatic heterocycles. The zero-order valence-corrected chi connectivity index (χ0v) is 22.2. The van der Waals surface area contributed by atoms with Crippen molar-refractivity contribution >= 4 is 49.5 Å². The maximum absolute atomic E-state index is 13.9. The van der Waals surface area contributed by atoms with Gasteiger partial charge in [0.2, 0.25) is 5.91 Å². The van der Waals surface area contributed by atoms with E-state index in [1.807, 2.05) is 18.2 Å². The van der Waals surface area contributed by atoms with E-state index in [1.54, 1.807) is 36.4 Å². The van der Waals surface area contributed by atoms with Gasteiger partial charge in [0, 0.05) is 16.1 Å². The second-order valence-electron chi connectivity index (χ2n) is 7.65. The fourth-order valence-corrected chi connectivity index (χ4v) is 4.38. The molecule has 0 saturated heterocycles. The first-order valence-electron chi connectivity index (χ1n) is 10.9.